The highest BCUT2D eigenvalue weighted by Crippen LogP contribution is 2.35. The molecule has 0 aliphatic carbocycles. The van der Waals surface area contributed by atoms with Gasteiger partial charge in [0, 0.05) is 11.4 Å². The Kier molecular flexibility index (Phi) is 6.06. The van der Waals surface area contributed by atoms with Crippen molar-refractivity contribution >= 4 is 29.3 Å². The summed E-state index contributed by atoms with van der Waals surface area (Å²) < 4.78 is 5.29. The summed E-state index contributed by atoms with van der Waals surface area (Å²) in [5.74, 6) is 1.03. The molecule has 2 aromatic carbocycles. The van der Waals surface area contributed by atoms with Crippen molar-refractivity contribution in [1.29, 1.82) is 0 Å². The third kappa shape index (κ3) is 4.11. The van der Waals surface area contributed by atoms with Gasteiger partial charge in [-0.3, -0.25) is 9.59 Å². The van der Waals surface area contributed by atoms with Crippen molar-refractivity contribution in [1.82, 2.24) is 4.90 Å². The molecule has 2 aromatic rings. The molecular weight excluding hydrogens is 360 g/mol. The highest BCUT2D eigenvalue weighted by atomic mass is 32.2. The molecule has 0 saturated heterocycles. The topological polar surface area (TPSA) is 49.9 Å². The molecule has 0 radical (unpaired) electrons. The van der Waals surface area contributed by atoms with E-state index in [0.29, 0.717) is 12.3 Å². The van der Waals surface area contributed by atoms with Gasteiger partial charge in [0.2, 0.25) is 11.8 Å². The Labute approximate surface area is 164 Å². The van der Waals surface area contributed by atoms with Gasteiger partial charge in [-0.1, -0.05) is 24.3 Å². The van der Waals surface area contributed by atoms with Crippen molar-refractivity contribution in [2.45, 2.75) is 24.8 Å². The predicted octanol–water partition coefficient (Wildman–Crippen LogP) is 3.74. The van der Waals surface area contributed by atoms with Crippen LogP contribution in [-0.4, -0.2) is 42.7 Å². The van der Waals surface area contributed by atoms with Crippen LogP contribution in [0.15, 0.2) is 53.4 Å². The summed E-state index contributed by atoms with van der Waals surface area (Å²) in [4.78, 5) is 29.9. The Hall–Kier alpha value is -2.47. The number of para-hydroxylation sites is 1. The summed E-state index contributed by atoms with van der Waals surface area (Å²) in [7, 11) is 1.63. The molecule has 1 heterocycles. The minimum Gasteiger partial charge on any atom is -0.497 e. The van der Waals surface area contributed by atoms with Crippen LogP contribution in [0.1, 0.15) is 25.5 Å². The van der Waals surface area contributed by atoms with Crippen LogP contribution >= 0.6 is 11.8 Å². The second-order valence-corrected chi connectivity index (χ2v) is 7.39. The van der Waals surface area contributed by atoms with Crippen LogP contribution < -0.4 is 9.64 Å². The highest BCUT2D eigenvalue weighted by molar-refractivity contribution is 8.00. The minimum absolute atomic E-state index is 0.0304. The molecule has 0 N–H and O–H groups in total. The summed E-state index contributed by atoms with van der Waals surface area (Å²) in [6, 6.07) is 15.4. The monoisotopic (exact) mass is 384 g/mol. The quantitative estimate of drug-likeness (QED) is 0.761. The number of nitrogens with zero attached hydrogens (tertiary/aromatic N) is 2. The third-order valence-electron chi connectivity index (χ3n) is 4.81. The van der Waals surface area contributed by atoms with Crippen LogP contribution in [0.3, 0.4) is 0 Å². The fourth-order valence-corrected chi connectivity index (χ4v) is 4.24. The van der Waals surface area contributed by atoms with Crippen molar-refractivity contribution in [2.75, 3.05) is 30.9 Å². The van der Waals surface area contributed by atoms with Crippen LogP contribution in [-0.2, 0) is 9.59 Å². The molecule has 27 heavy (non-hydrogen) atoms. The van der Waals surface area contributed by atoms with E-state index in [4.69, 9.17) is 4.74 Å². The zero-order valence-corrected chi connectivity index (χ0v) is 16.7. The van der Waals surface area contributed by atoms with Crippen LogP contribution in [0.4, 0.5) is 5.69 Å². The molecule has 3 rings (SSSR count). The standard InChI is InChI=1S/C21H24N2O3S/c1-4-22(15(2)16-8-7-9-17(12-16)26-3)20(24)13-23-18-10-5-6-11-19(18)27-14-21(23)25/h5-12,15H,4,13-14H2,1-3H3. The fourth-order valence-electron chi connectivity index (χ4n) is 3.30. The number of anilines is 1. The van der Waals surface area contributed by atoms with E-state index in [-0.39, 0.29) is 24.4 Å². The number of benzene rings is 2. The smallest absolute Gasteiger partial charge is 0.243 e. The maximum Gasteiger partial charge on any atom is 0.243 e. The van der Waals surface area contributed by atoms with Crippen molar-refractivity contribution < 1.29 is 14.3 Å². The number of likely N-dealkylation sites (N-methyl/N-ethyl adjacent to an activating group) is 1. The molecule has 0 bridgehead atoms. The van der Waals surface area contributed by atoms with E-state index < -0.39 is 0 Å². The summed E-state index contributed by atoms with van der Waals surface area (Å²) in [6.07, 6.45) is 0. The summed E-state index contributed by atoms with van der Waals surface area (Å²) in [5.41, 5.74) is 1.82. The largest absolute Gasteiger partial charge is 0.497 e. The molecule has 1 aliphatic rings. The second-order valence-electron chi connectivity index (χ2n) is 6.37. The molecule has 1 unspecified atom stereocenters. The third-order valence-corrected chi connectivity index (χ3v) is 5.85. The molecule has 1 atom stereocenters. The Morgan fingerprint density at radius 3 is 2.78 bits per heavy atom. The molecule has 5 nitrogen and oxygen atoms in total. The first-order valence-electron chi connectivity index (χ1n) is 9.00. The molecule has 142 valence electrons. The average molecular weight is 385 g/mol. The predicted molar refractivity (Wildman–Crippen MR) is 108 cm³/mol. The Morgan fingerprint density at radius 1 is 1.26 bits per heavy atom. The van der Waals surface area contributed by atoms with Gasteiger partial charge < -0.3 is 14.5 Å². The van der Waals surface area contributed by atoms with Gasteiger partial charge in [0.15, 0.2) is 0 Å². The van der Waals surface area contributed by atoms with Gasteiger partial charge in [-0.2, -0.15) is 0 Å². The van der Waals surface area contributed by atoms with Crippen LogP contribution in [0.25, 0.3) is 0 Å². The van der Waals surface area contributed by atoms with Gasteiger partial charge in [0.25, 0.3) is 0 Å². The van der Waals surface area contributed by atoms with Gasteiger partial charge in [-0.25, -0.2) is 0 Å². The lowest BCUT2D eigenvalue weighted by molar-refractivity contribution is -0.133. The van der Waals surface area contributed by atoms with Crippen LogP contribution in [0, 0.1) is 0 Å². The number of carbonyl (C=O) groups is 2. The lowest BCUT2D eigenvalue weighted by Crippen LogP contribution is -2.45. The summed E-state index contributed by atoms with van der Waals surface area (Å²) >= 11 is 1.52. The number of methoxy groups -OCH3 is 1. The maximum atomic E-state index is 13.1. The van der Waals surface area contributed by atoms with Crippen molar-refractivity contribution in [2.24, 2.45) is 0 Å². The first-order valence-corrected chi connectivity index (χ1v) is 9.99. The molecule has 6 heteroatoms. The van der Waals surface area contributed by atoms with E-state index in [0.717, 1.165) is 21.9 Å². The normalized spacial score (nSPS) is 14.5. The number of ether oxygens (including phenoxy) is 1. The zero-order chi connectivity index (χ0) is 19.4. The molecule has 0 fully saturated rings. The number of amides is 2. The molecule has 0 spiro atoms. The number of rotatable bonds is 6. The highest BCUT2D eigenvalue weighted by Gasteiger charge is 2.29. The van der Waals surface area contributed by atoms with Gasteiger partial charge in [0.1, 0.15) is 12.3 Å². The van der Waals surface area contributed by atoms with E-state index >= 15 is 0 Å². The fraction of sp³-hybridized carbons (Fsp3) is 0.333. The number of thioether (sulfide) groups is 1. The number of hydrogen-bond donors (Lipinski definition) is 0. The maximum absolute atomic E-state index is 13.1. The lowest BCUT2D eigenvalue weighted by atomic mass is 10.1. The first kappa shape index (κ1) is 19.3. The van der Waals surface area contributed by atoms with E-state index in [9.17, 15) is 9.59 Å². The van der Waals surface area contributed by atoms with E-state index in [1.165, 1.54) is 11.8 Å². The summed E-state index contributed by atoms with van der Waals surface area (Å²) in [6.45, 7) is 4.57. The molecule has 2 amide bonds. The lowest BCUT2D eigenvalue weighted by Gasteiger charge is -2.33. The molecule has 1 aliphatic heterocycles. The Bertz CT molecular complexity index is 840. The van der Waals surface area contributed by atoms with Crippen molar-refractivity contribution in [3.05, 3.63) is 54.1 Å². The summed E-state index contributed by atoms with van der Waals surface area (Å²) in [5, 5.41) is 0. The minimum atomic E-state index is -0.109. The number of hydrogen-bond acceptors (Lipinski definition) is 4. The van der Waals surface area contributed by atoms with Crippen molar-refractivity contribution in [3.63, 3.8) is 0 Å². The van der Waals surface area contributed by atoms with E-state index in [1.807, 2.05) is 62.4 Å². The first-order chi connectivity index (χ1) is 13.0. The van der Waals surface area contributed by atoms with Crippen molar-refractivity contribution in [3.8, 4) is 5.75 Å². The van der Waals surface area contributed by atoms with Gasteiger partial charge in [-0.05, 0) is 43.7 Å². The van der Waals surface area contributed by atoms with Gasteiger partial charge >= 0.3 is 0 Å². The average Bonchev–Trinajstić information content (AvgIpc) is 2.70. The van der Waals surface area contributed by atoms with E-state index in [2.05, 4.69) is 0 Å². The SMILES string of the molecule is CCN(C(=O)CN1C(=O)CSc2ccccc21)C(C)c1cccc(OC)c1. The molecular formula is C21H24N2O3S. The Balaban J connectivity index is 1.80. The van der Waals surface area contributed by atoms with Crippen LogP contribution in [0.2, 0.25) is 0 Å². The number of fused-ring (bicyclic) bond motifs is 1. The zero-order valence-electron chi connectivity index (χ0n) is 15.8. The second kappa shape index (κ2) is 8.48. The Morgan fingerprint density at radius 2 is 2.04 bits per heavy atom. The van der Waals surface area contributed by atoms with Gasteiger partial charge in [-0.15, -0.1) is 11.8 Å². The number of carbonyl (C=O) groups excluding carboxylic acids is 2. The molecule has 0 aromatic heterocycles. The van der Waals surface area contributed by atoms with Crippen LogP contribution in [0.5, 0.6) is 5.75 Å². The van der Waals surface area contributed by atoms with E-state index in [1.54, 1.807) is 16.9 Å². The molecule has 0 saturated carbocycles. The van der Waals surface area contributed by atoms with Gasteiger partial charge in [0.05, 0.1) is 24.6 Å².